The maximum atomic E-state index is 12.6. The summed E-state index contributed by atoms with van der Waals surface area (Å²) in [5.41, 5.74) is 4.30. The Morgan fingerprint density at radius 1 is 1.21 bits per heavy atom. The smallest absolute Gasteiger partial charge is 0.257 e. The van der Waals surface area contributed by atoms with E-state index in [0.717, 1.165) is 22.6 Å². The number of carbonyl (C=O) groups is 2. The van der Waals surface area contributed by atoms with E-state index in [-0.39, 0.29) is 17.1 Å². The van der Waals surface area contributed by atoms with Crippen LogP contribution in [0.4, 0.5) is 10.8 Å². The van der Waals surface area contributed by atoms with Gasteiger partial charge in [-0.1, -0.05) is 31.2 Å². The number of hydrogen-bond donors (Lipinski definition) is 2. The molecule has 0 bridgehead atoms. The number of aromatic nitrogens is 1. The third-order valence-corrected chi connectivity index (χ3v) is 6.49. The van der Waals surface area contributed by atoms with Crippen LogP contribution in [0.1, 0.15) is 29.8 Å². The molecule has 0 unspecified atom stereocenters. The molecule has 0 radical (unpaired) electrons. The number of anilines is 2. The summed E-state index contributed by atoms with van der Waals surface area (Å²) < 4.78 is 0. The quantitative estimate of drug-likeness (QED) is 0.632. The zero-order valence-corrected chi connectivity index (χ0v) is 17.1. The van der Waals surface area contributed by atoms with E-state index in [0.29, 0.717) is 16.4 Å². The molecule has 1 aromatic heterocycles. The standard InChI is InChI=1S/C21H19N3O2S2/c1-3-13-4-6-14(7-5-13)17-11-27-21(23-17)24-20(26)15-8-9-18-16(10-15)22-19(25)12(2)28-18/h4-12H,3H2,1-2H3,(H,22,25)(H,23,24,26)/t12-/m1/s1. The Labute approximate surface area is 171 Å². The van der Waals surface area contributed by atoms with Crippen LogP contribution in [0.3, 0.4) is 0 Å². The van der Waals surface area contributed by atoms with Gasteiger partial charge in [0.15, 0.2) is 5.13 Å². The molecule has 1 atom stereocenters. The first-order chi connectivity index (χ1) is 13.5. The molecule has 0 saturated carbocycles. The van der Waals surface area contributed by atoms with Crippen molar-refractivity contribution < 1.29 is 9.59 Å². The lowest BCUT2D eigenvalue weighted by Gasteiger charge is -2.21. The average Bonchev–Trinajstić information content (AvgIpc) is 3.17. The average molecular weight is 410 g/mol. The number of thioether (sulfide) groups is 1. The Bertz CT molecular complexity index is 1040. The molecular formula is C21H19N3O2S2. The fraction of sp³-hybridized carbons (Fsp3) is 0.190. The fourth-order valence-electron chi connectivity index (χ4n) is 2.89. The van der Waals surface area contributed by atoms with Crippen molar-refractivity contribution in [3.05, 3.63) is 59.0 Å². The van der Waals surface area contributed by atoms with E-state index >= 15 is 0 Å². The number of nitrogens with one attached hydrogen (secondary N) is 2. The van der Waals surface area contributed by atoms with Crippen LogP contribution >= 0.6 is 23.1 Å². The van der Waals surface area contributed by atoms with Crippen molar-refractivity contribution in [2.75, 3.05) is 10.6 Å². The first-order valence-corrected chi connectivity index (χ1v) is 10.8. The Balaban J connectivity index is 1.49. The minimum absolute atomic E-state index is 0.0475. The van der Waals surface area contributed by atoms with Crippen LogP contribution in [0, 0.1) is 0 Å². The van der Waals surface area contributed by atoms with Crippen molar-refractivity contribution in [3.8, 4) is 11.3 Å². The summed E-state index contributed by atoms with van der Waals surface area (Å²) >= 11 is 2.88. The molecule has 28 heavy (non-hydrogen) atoms. The maximum absolute atomic E-state index is 12.6. The number of benzene rings is 2. The van der Waals surface area contributed by atoms with Gasteiger partial charge in [-0.15, -0.1) is 23.1 Å². The lowest BCUT2D eigenvalue weighted by molar-refractivity contribution is -0.115. The van der Waals surface area contributed by atoms with Gasteiger partial charge in [0, 0.05) is 21.4 Å². The van der Waals surface area contributed by atoms with Gasteiger partial charge in [-0.3, -0.25) is 14.9 Å². The van der Waals surface area contributed by atoms with Gasteiger partial charge in [-0.2, -0.15) is 0 Å². The first kappa shape index (κ1) is 18.7. The van der Waals surface area contributed by atoms with E-state index in [9.17, 15) is 9.59 Å². The normalized spacial score (nSPS) is 15.6. The van der Waals surface area contributed by atoms with Gasteiger partial charge in [0.25, 0.3) is 5.91 Å². The summed E-state index contributed by atoms with van der Waals surface area (Å²) in [5.74, 6) is -0.295. The number of carbonyl (C=O) groups excluding carboxylic acids is 2. The molecule has 2 aromatic carbocycles. The van der Waals surface area contributed by atoms with E-state index in [4.69, 9.17) is 0 Å². The van der Waals surface area contributed by atoms with Gasteiger partial charge < -0.3 is 5.32 Å². The van der Waals surface area contributed by atoms with Crippen LogP contribution in [0.25, 0.3) is 11.3 Å². The molecule has 0 aliphatic carbocycles. The van der Waals surface area contributed by atoms with Crippen LogP contribution in [0.5, 0.6) is 0 Å². The van der Waals surface area contributed by atoms with Crippen LogP contribution in [-0.4, -0.2) is 22.0 Å². The number of aryl methyl sites for hydroxylation is 1. The predicted octanol–water partition coefficient (Wildman–Crippen LogP) is 5.06. The topological polar surface area (TPSA) is 71.1 Å². The molecule has 1 aliphatic heterocycles. The molecule has 0 fully saturated rings. The molecule has 2 N–H and O–H groups in total. The first-order valence-electron chi connectivity index (χ1n) is 9.01. The Hall–Kier alpha value is -2.64. The van der Waals surface area contributed by atoms with Gasteiger partial charge in [0.1, 0.15) is 0 Å². The van der Waals surface area contributed by atoms with Gasteiger partial charge in [-0.05, 0) is 37.1 Å². The van der Waals surface area contributed by atoms with Crippen molar-refractivity contribution in [2.45, 2.75) is 30.4 Å². The molecule has 1 aliphatic rings. The van der Waals surface area contributed by atoms with E-state index in [1.54, 1.807) is 12.1 Å². The van der Waals surface area contributed by atoms with Crippen molar-refractivity contribution in [1.82, 2.24) is 4.98 Å². The number of amides is 2. The Morgan fingerprint density at radius 2 is 2.00 bits per heavy atom. The number of thiazole rings is 1. The van der Waals surface area contributed by atoms with Crippen molar-refractivity contribution >= 4 is 45.7 Å². The number of hydrogen-bond acceptors (Lipinski definition) is 5. The molecule has 142 valence electrons. The molecule has 0 spiro atoms. The molecular weight excluding hydrogens is 390 g/mol. The number of nitrogens with zero attached hydrogens (tertiary/aromatic N) is 1. The van der Waals surface area contributed by atoms with Gasteiger partial charge in [-0.25, -0.2) is 4.98 Å². The highest BCUT2D eigenvalue weighted by Crippen LogP contribution is 2.36. The second-order valence-corrected chi connectivity index (χ2v) is 8.74. The number of fused-ring (bicyclic) bond motifs is 1. The predicted molar refractivity (Wildman–Crippen MR) is 115 cm³/mol. The maximum Gasteiger partial charge on any atom is 0.257 e. The molecule has 7 heteroatoms. The second kappa shape index (κ2) is 7.77. The van der Waals surface area contributed by atoms with Crippen molar-refractivity contribution in [1.29, 1.82) is 0 Å². The summed E-state index contributed by atoms with van der Waals surface area (Å²) in [7, 11) is 0. The zero-order chi connectivity index (χ0) is 19.7. The number of rotatable bonds is 4. The van der Waals surface area contributed by atoms with E-state index < -0.39 is 0 Å². The SMILES string of the molecule is CCc1ccc(-c2csc(NC(=O)c3ccc4c(c3)NC(=O)[C@@H](C)S4)n2)cc1. The van der Waals surface area contributed by atoms with Gasteiger partial charge in [0.05, 0.1) is 16.6 Å². The minimum Gasteiger partial charge on any atom is -0.324 e. The summed E-state index contributed by atoms with van der Waals surface area (Å²) in [6, 6.07) is 13.6. The largest absolute Gasteiger partial charge is 0.324 e. The van der Waals surface area contributed by atoms with Crippen LogP contribution in [0.2, 0.25) is 0 Å². The highest BCUT2D eigenvalue weighted by atomic mass is 32.2. The molecule has 4 rings (SSSR count). The van der Waals surface area contributed by atoms with Gasteiger partial charge >= 0.3 is 0 Å². The highest BCUT2D eigenvalue weighted by Gasteiger charge is 2.24. The monoisotopic (exact) mass is 409 g/mol. The second-order valence-electron chi connectivity index (χ2n) is 6.50. The summed E-state index contributed by atoms with van der Waals surface area (Å²) in [5, 5.41) is 8.04. The minimum atomic E-state index is -0.247. The summed E-state index contributed by atoms with van der Waals surface area (Å²) in [6.45, 7) is 3.98. The molecule has 0 saturated heterocycles. The van der Waals surface area contributed by atoms with E-state index in [1.165, 1.54) is 28.7 Å². The lowest BCUT2D eigenvalue weighted by Crippen LogP contribution is -2.26. The zero-order valence-electron chi connectivity index (χ0n) is 15.5. The molecule has 2 heterocycles. The van der Waals surface area contributed by atoms with Crippen LogP contribution in [0.15, 0.2) is 52.7 Å². The van der Waals surface area contributed by atoms with E-state index in [1.807, 2.05) is 30.5 Å². The van der Waals surface area contributed by atoms with Crippen LogP contribution < -0.4 is 10.6 Å². The summed E-state index contributed by atoms with van der Waals surface area (Å²) in [4.78, 5) is 30.0. The van der Waals surface area contributed by atoms with Crippen molar-refractivity contribution in [3.63, 3.8) is 0 Å². The Morgan fingerprint density at radius 3 is 2.75 bits per heavy atom. The summed E-state index contributed by atoms with van der Waals surface area (Å²) in [6.07, 6.45) is 0.997. The van der Waals surface area contributed by atoms with Gasteiger partial charge in [0.2, 0.25) is 5.91 Å². The molecule has 2 amide bonds. The third kappa shape index (κ3) is 3.81. The highest BCUT2D eigenvalue weighted by molar-refractivity contribution is 8.00. The molecule has 5 nitrogen and oxygen atoms in total. The Kier molecular flexibility index (Phi) is 5.19. The third-order valence-electron chi connectivity index (χ3n) is 4.56. The molecule has 3 aromatic rings. The fourth-order valence-corrected chi connectivity index (χ4v) is 4.54. The van der Waals surface area contributed by atoms with Crippen molar-refractivity contribution in [2.24, 2.45) is 0 Å². The van der Waals surface area contributed by atoms with E-state index in [2.05, 4.69) is 34.7 Å². The lowest BCUT2D eigenvalue weighted by atomic mass is 10.1. The van der Waals surface area contributed by atoms with Crippen LogP contribution in [-0.2, 0) is 11.2 Å².